The molecule has 20 heavy (non-hydrogen) atoms. The molecule has 1 aromatic carbocycles. The van der Waals surface area contributed by atoms with Crippen molar-refractivity contribution < 1.29 is 0 Å². The summed E-state index contributed by atoms with van der Waals surface area (Å²) in [5.41, 5.74) is 2.79. The quantitative estimate of drug-likeness (QED) is 0.654. The first-order valence-electron chi connectivity index (χ1n) is 8.21. The zero-order valence-electron chi connectivity index (χ0n) is 13.2. The molecule has 0 unspecified atom stereocenters. The molecule has 0 aliphatic heterocycles. The van der Waals surface area contributed by atoms with Crippen LogP contribution in [-0.2, 0) is 6.54 Å². The number of nitrogens with zero attached hydrogens (tertiary/aromatic N) is 1. The van der Waals surface area contributed by atoms with E-state index in [4.69, 9.17) is 0 Å². The largest absolute Gasteiger partial charge is 0.314 e. The van der Waals surface area contributed by atoms with Crippen LogP contribution in [0.2, 0.25) is 0 Å². The Labute approximate surface area is 124 Å². The molecule has 0 aromatic heterocycles. The normalized spacial score (nSPS) is 14.9. The minimum absolute atomic E-state index is 0.871. The highest BCUT2D eigenvalue weighted by Crippen LogP contribution is 2.18. The molecular formula is C18H30N2. The van der Waals surface area contributed by atoms with Gasteiger partial charge in [0.25, 0.3) is 0 Å². The maximum absolute atomic E-state index is 3.58. The minimum atomic E-state index is 0.871. The summed E-state index contributed by atoms with van der Waals surface area (Å²) < 4.78 is 0. The first-order chi connectivity index (χ1) is 9.74. The lowest BCUT2D eigenvalue weighted by Crippen LogP contribution is -2.19. The van der Waals surface area contributed by atoms with Gasteiger partial charge in [0.15, 0.2) is 0 Å². The Morgan fingerprint density at radius 3 is 2.70 bits per heavy atom. The summed E-state index contributed by atoms with van der Waals surface area (Å²) in [5.74, 6) is 0. The van der Waals surface area contributed by atoms with Gasteiger partial charge in [-0.2, -0.15) is 0 Å². The van der Waals surface area contributed by atoms with Crippen molar-refractivity contribution in [2.45, 2.75) is 58.0 Å². The van der Waals surface area contributed by atoms with Crippen LogP contribution < -0.4 is 5.32 Å². The van der Waals surface area contributed by atoms with E-state index in [2.05, 4.69) is 48.5 Å². The van der Waals surface area contributed by atoms with Crippen molar-refractivity contribution in [2.24, 2.45) is 0 Å². The molecule has 1 N–H and O–H groups in total. The smallest absolute Gasteiger partial charge is 0.0230 e. The number of hydrogen-bond donors (Lipinski definition) is 1. The van der Waals surface area contributed by atoms with Gasteiger partial charge in [-0.1, -0.05) is 42.7 Å². The Kier molecular flexibility index (Phi) is 6.55. The second-order valence-corrected chi connectivity index (χ2v) is 6.37. The van der Waals surface area contributed by atoms with Crippen LogP contribution in [0.25, 0.3) is 0 Å². The van der Waals surface area contributed by atoms with Gasteiger partial charge < -0.3 is 10.2 Å². The maximum atomic E-state index is 3.58. The highest BCUT2D eigenvalue weighted by atomic mass is 15.1. The molecule has 0 saturated heterocycles. The molecular weight excluding hydrogens is 244 g/mol. The minimum Gasteiger partial charge on any atom is -0.314 e. The standard InChI is InChI=1S/C18H30N2/c1-16-8-7-9-17(14-16)15-20(2)13-6-4-3-5-12-19-18-10-11-18/h7-9,14,18-19H,3-6,10-13,15H2,1-2H3. The van der Waals surface area contributed by atoms with Crippen molar-refractivity contribution in [3.8, 4) is 0 Å². The van der Waals surface area contributed by atoms with Gasteiger partial charge in [0.2, 0.25) is 0 Å². The van der Waals surface area contributed by atoms with E-state index in [0.717, 1.165) is 12.6 Å². The van der Waals surface area contributed by atoms with Crippen molar-refractivity contribution in [1.82, 2.24) is 10.2 Å². The third-order valence-corrected chi connectivity index (χ3v) is 4.01. The van der Waals surface area contributed by atoms with Gasteiger partial charge in [0.05, 0.1) is 0 Å². The predicted octanol–water partition coefficient (Wildman–Crippen LogP) is 3.74. The summed E-state index contributed by atoms with van der Waals surface area (Å²) in [6.07, 6.45) is 8.22. The fourth-order valence-corrected chi connectivity index (χ4v) is 2.66. The third kappa shape index (κ3) is 6.53. The summed E-state index contributed by atoms with van der Waals surface area (Å²) >= 11 is 0. The number of hydrogen-bond acceptors (Lipinski definition) is 2. The topological polar surface area (TPSA) is 15.3 Å². The van der Waals surface area contributed by atoms with Gasteiger partial charge in [-0.05, 0) is 58.3 Å². The van der Waals surface area contributed by atoms with E-state index >= 15 is 0 Å². The lowest BCUT2D eigenvalue weighted by molar-refractivity contribution is 0.316. The van der Waals surface area contributed by atoms with Gasteiger partial charge in [-0.15, -0.1) is 0 Å². The van der Waals surface area contributed by atoms with Gasteiger partial charge in [-0.3, -0.25) is 0 Å². The lowest BCUT2D eigenvalue weighted by atomic mass is 10.1. The van der Waals surface area contributed by atoms with Crippen molar-refractivity contribution in [3.63, 3.8) is 0 Å². The van der Waals surface area contributed by atoms with E-state index in [0.29, 0.717) is 0 Å². The number of benzene rings is 1. The number of unbranched alkanes of at least 4 members (excludes halogenated alkanes) is 3. The molecule has 0 heterocycles. The summed E-state index contributed by atoms with van der Waals surface area (Å²) in [5, 5.41) is 3.58. The van der Waals surface area contributed by atoms with Crippen LogP contribution >= 0.6 is 0 Å². The second-order valence-electron chi connectivity index (χ2n) is 6.37. The van der Waals surface area contributed by atoms with Crippen LogP contribution in [0.5, 0.6) is 0 Å². The van der Waals surface area contributed by atoms with E-state index in [1.165, 1.54) is 62.7 Å². The average molecular weight is 274 g/mol. The fraction of sp³-hybridized carbons (Fsp3) is 0.667. The van der Waals surface area contributed by atoms with Gasteiger partial charge in [0.1, 0.15) is 0 Å². The van der Waals surface area contributed by atoms with E-state index in [1.54, 1.807) is 0 Å². The molecule has 0 bridgehead atoms. The zero-order valence-corrected chi connectivity index (χ0v) is 13.2. The third-order valence-electron chi connectivity index (χ3n) is 4.01. The molecule has 0 amide bonds. The Hall–Kier alpha value is -0.860. The highest BCUT2D eigenvalue weighted by Gasteiger charge is 2.19. The van der Waals surface area contributed by atoms with E-state index in [9.17, 15) is 0 Å². The van der Waals surface area contributed by atoms with Crippen molar-refractivity contribution in [3.05, 3.63) is 35.4 Å². The van der Waals surface area contributed by atoms with Crippen LogP contribution in [-0.4, -0.2) is 31.1 Å². The monoisotopic (exact) mass is 274 g/mol. The molecule has 1 saturated carbocycles. The number of aryl methyl sites for hydroxylation is 1. The lowest BCUT2D eigenvalue weighted by Gasteiger charge is -2.16. The Morgan fingerprint density at radius 1 is 1.15 bits per heavy atom. The molecule has 0 spiro atoms. The summed E-state index contributed by atoms with van der Waals surface area (Å²) in [6.45, 7) is 5.68. The summed E-state index contributed by atoms with van der Waals surface area (Å²) in [6, 6.07) is 9.72. The van der Waals surface area contributed by atoms with E-state index in [-0.39, 0.29) is 0 Å². The fourth-order valence-electron chi connectivity index (χ4n) is 2.66. The zero-order chi connectivity index (χ0) is 14.2. The molecule has 1 aliphatic carbocycles. The van der Waals surface area contributed by atoms with Gasteiger partial charge in [-0.25, -0.2) is 0 Å². The van der Waals surface area contributed by atoms with Crippen molar-refractivity contribution >= 4 is 0 Å². The summed E-state index contributed by atoms with van der Waals surface area (Å²) in [4.78, 5) is 2.44. The first kappa shape index (κ1) is 15.5. The predicted molar refractivity (Wildman–Crippen MR) is 87.0 cm³/mol. The molecule has 1 aliphatic rings. The van der Waals surface area contributed by atoms with Crippen molar-refractivity contribution in [1.29, 1.82) is 0 Å². The number of nitrogens with one attached hydrogen (secondary N) is 1. The van der Waals surface area contributed by atoms with Crippen LogP contribution in [0.3, 0.4) is 0 Å². The number of rotatable bonds is 10. The Bertz CT molecular complexity index is 385. The maximum Gasteiger partial charge on any atom is 0.0230 e. The first-order valence-corrected chi connectivity index (χ1v) is 8.21. The molecule has 112 valence electrons. The van der Waals surface area contributed by atoms with Crippen LogP contribution in [0, 0.1) is 6.92 Å². The molecule has 2 heteroatoms. The average Bonchev–Trinajstić information content (AvgIpc) is 3.21. The molecule has 1 fully saturated rings. The molecule has 2 nitrogen and oxygen atoms in total. The second kappa shape index (κ2) is 8.43. The summed E-state index contributed by atoms with van der Waals surface area (Å²) in [7, 11) is 2.23. The van der Waals surface area contributed by atoms with E-state index in [1.807, 2.05) is 0 Å². The van der Waals surface area contributed by atoms with E-state index < -0.39 is 0 Å². The Morgan fingerprint density at radius 2 is 1.95 bits per heavy atom. The molecule has 1 aromatic rings. The highest BCUT2D eigenvalue weighted by molar-refractivity contribution is 5.21. The molecule has 0 radical (unpaired) electrons. The van der Waals surface area contributed by atoms with Crippen LogP contribution in [0.15, 0.2) is 24.3 Å². The SMILES string of the molecule is Cc1cccc(CN(C)CCCCCCNC2CC2)c1. The van der Waals surface area contributed by atoms with Gasteiger partial charge >= 0.3 is 0 Å². The van der Waals surface area contributed by atoms with Crippen LogP contribution in [0.4, 0.5) is 0 Å². The molecule has 0 atom stereocenters. The molecule has 2 rings (SSSR count). The van der Waals surface area contributed by atoms with Crippen LogP contribution in [0.1, 0.15) is 49.7 Å². The van der Waals surface area contributed by atoms with Crippen molar-refractivity contribution in [2.75, 3.05) is 20.1 Å². The Balaban J connectivity index is 1.48. The van der Waals surface area contributed by atoms with Gasteiger partial charge in [0, 0.05) is 12.6 Å².